The number of ether oxygens (including phenoxy) is 1. The number of hydrogen-bond donors (Lipinski definition) is 2. The van der Waals surface area contributed by atoms with Crippen LogP contribution < -0.4 is 15.6 Å². The zero-order chi connectivity index (χ0) is 25.1. The van der Waals surface area contributed by atoms with E-state index in [1.54, 1.807) is 12.1 Å². The zero-order valence-corrected chi connectivity index (χ0v) is 21.0. The van der Waals surface area contributed by atoms with Crippen LogP contribution in [0.15, 0.2) is 41.3 Å². The Labute approximate surface area is 219 Å². The third kappa shape index (κ3) is 5.85. The largest absolute Gasteiger partial charge is 0.378 e. The van der Waals surface area contributed by atoms with Gasteiger partial charge in [0.2, 0.25) is 0 Å². The Balaban J connectivity index is 1.55. The second kappa shape index (κ2) is 10.8. The number of morpholine rings is 1. The minimum Gasteiger partial charge on any atom is -0.378 e. The maximum atomic E-state index is 13.0. The Bertz CT molecular complexity index is 1250. The smallest absolute Gasteiger partial charge is 0.338 e. The number of urea groups is 1. The summed E-state index contributed by atoms with van der Waals surface area (Å²) in [6.07, 6.45) is 1.54. The SMILES string of the molecule is O=C(Nc1ccc(Cl)c(Cl)c1)NN1C(=O)/C(=C/c2cc([N+](=O)[O-])ccc2N2CCOCC2)SC1=S. The maximum absolute atomic E-state index is 13.0. The quantitative estimate of drug-likeness (QED) is 0.237. The molecule has 2 saturated heterocycles. The molecule has 182 valence electrons. The molecule has 2 aliphatic rings. The Morgan fingerprint density at radius 2 is 1.91 bits per heavy atom. The van der Waals surface area contributed by atoms with Gasteiger partial charge in [0.25, 0.3) is 11.6 Å². The number of carbonyl (C=O) groups is 2. The van der Waals surface area contributed by atoms with E-state index >= 15 is 0 Å². The van der Waals surface area contributed by atoms with Crippen LogP contribution in [0.4, 0.5) is 21.9 Å². The van der Waals surface area contributed by atoms with Crippen molar-refractivity contribution in [2.75, 3.05) is 36.5 Å². The molecule has 2 N–H and O–H groups in total. The molecule has 2 fully saturated rings. The van der Waals surface area contributed by atoms with Gasteiger partial charge < -0.3 is 15.0 Å². The van der Waals surface area contributed by atoms with Crippen LogP contribution in [0.5, 0.6) is 0 Å². The van der Waals surface area contributed by atoms with Gasteiger partial charge in [-0.15, -0.1) is 0 Å². The summed E-state index contributed by atoms with van der Waals surface area (Å²) in [6.45, 7) is 2.26. The maximum Gasteiger partial charge on any atom is 0.338 e. The average Bonchev–Trinajstić information content (AvgIpc) is 3.09. The fraction of sp³-hybridized carbons (Fsp3) is 0.190. The first-order valence-electron chi connectivity index (χ1n) is 10.1. The highest BCUT2D eigenvalue weighted by Crippen LogP contribution is 2.35. The van der Waals surface area contributed by atoms with E-state index < -0.39 is 16.9 Å². The van der Waals surface area contributed by atoms with E-state index in [0.29, 0.717) is 42.6 Å². The standard InChI is InChI=1S/C21H17Cl2N5O5S2/c22-15-3-1-13(11-16(15)23)24-20(30)25-27-19(29)18(35-21(27)34)10-12-9-14(28(31)32)2-4-17(12)26-5-7-33-8-6-26/h1-4,9-11H,5-8H2,(H2,24,25,30)/b18-10-. The Morgan fingerprint density at radius 3 is 2.60 bits per heavy atom. The molecule has 10 nitrogen and oxygen atoms in total. The van der Waals surface area contributed by atoms with Crippen molar-refractivity contribution in [1.82, 2.24) is 10.4 Å². The Kier molecular flexibility index (Phi) is 7.77. The van der Waals surface area contributed by atoms with Crippen molar-refractivity contribution < 1.29 is 19.2 Å². The molecular weight excluding hydrogens is 537 g/mol. The molecule has 0 saturated carbocycles. The molecule has 2 aromatic rings. The first kappa shape index (κ1) is 25.2. The molecule has 0 aromatic heterocycles. The van der Waals surface area contributed by atoms with E-state index in [9.17, 15) is 19.7 Å². The number of rotatable bonds is 5. The number of nitro groups is 1. The average molecular weight is 554 g/mol. The fourth-order valence-electron chi connectivity index (χ4n) is 3.40. The molecule has 0 spiro atoms. The van der Waals surface area contributed by atoms with Crippen LogP contribution in [0.2, 0.25) is 10.0 Å². The molecule has 2 heterocycles. The van der Waals surface area contributed by atoms with E-state index in [0.717, 1.165) is 22.5 Å². The predicted molar refractivity (Wildman–Crippen MR) is 140 cm³/mol. The Morgan fingerprint density at radius 1 is 1.17 bits per heavy atom. The molecule has 14 heteroatoms. The van der Waals surface area contributed by atoms with Gasteiger partial charge in [0.15, 0.2) is 4.32 Å². The predicted octanol–water partition coefficient (Wildman–Crippen LogP) is 4.68. The number of benzene rings is 2. The number of thioether (sulfide) groups is 1. The van der Waals surface area contributed by atoms with E-state index in [1.807, 2.05) is 4.90 Å². The number of carbonyl (C=O) groups excluding carboxylic acids is 2. The van der Waals surface area contributed by atoms with E-state index in [4.69, 9.17) is 40.2 Å². The number of hydrogen-bond acceptors (Lipinski definition) is 8. The highest BCUT2D eigenvalue weighted by molar-refractivity contribution is 8.26. The van der Waals surface area contributed by atoms with Crippen LogP contribution >= 0.6 is 47.2 Å². The van der Waals surface area contributed by atoms with Gasteiger partial charge in [-0.2, -0.15) is 5.01 Å². The molecule has 0 unspecified atom stereocenters. The zero-order valence-electron chi connectivity index (χ0n) is 17.8. The van der Waals surface area contributed by atoms with E-state index in [1.165, 1.54) is 30.3 Å². The van der Waals surface area contributed by atoms with Crippen LogP contribution in [0.25, 0.3) is 6.08 Å². The summed E-state index contributed by atoms with van der Waals surface area (Å²) in [7, 11) is 0. The molecule has 2 aromatic carbocycles. The molecule has 35 heavy (non-hydrogen) atoms. The van der Waals surface area contributed by atoms with Gasteiger partial charge in [0.1, 0.15) is 0 Å². The highest BCUT2D eigenvalue weighted by atomic mass is 35.5. The number of amides is 3. The van der Waals surface area contributed by atoms with Crippen LogP contribution in [0, 0.1) is 10.1 Å². The number of nitrogens with zero attached hydrogens (tertiary/aromatic N) is 3. The summed E-state index contributed by atoms with van der Waals surface area (Å²) in [6, 6.07) is 8.29. The van der Waals surface area contributed by atoms with Crippen molar-refractivity contribution in [3.8, 4) is 0 Å². The van der Waals surface area contributed by atoms with Gasteiger partial charge in [-0.05, 0) is 42.6 Å². The monoisotopic (exact) mass is 553 g/mol. The van der Waals surface area contributed by atoms with Crippen LogP contribution in [0.3, 0.4) is 0 Å². The third-order valence-corrected chi connectivity index (χ3v) is 7.09. The molecule has 0 radical (unpaired) electrons. The van der Waals surface area contributed by atoms with Gasteiger partial charge in [-0.25, -0.2) is 10.2 Å². The van der Waals surface area contributed by atoms with Crippen molar-refractivity contribution in [2.45, 2.75) is 0 Å². The minimum absolute atomic E-state index is 0.101. The van der Waals surface area contributed by atoms with Crippen molar-refractivity contribution in [3.05, 3.63) is 67.0 Å². The molecule has 2 aliphatic heterocycles. The number of nitrogens with one attached hydrogen (secondary N) is 2. The lowest BCUT2D eigenvalue weighted by atomic mass is 10.1. The molecule has 4 rings (SSSR count). The Hall–Kier alpha value is -2.90. The summed E-state index contributed by atoms with van der Waals surface area (Å²) in [5.74, 6) is -0.566. The third-order valence-electron chi connectivity index (χ3n) is 5.04. The second-order valence-electron chi connectivity index (χ2n) is 7.31. The molecular formula is C21H17Cl2N5O5S2. The molecule has 0 aliphatic carbocycles. The van der Waals surface area contributed by atoms with Gasteiger partial charge in [-0.1, -0.05) is 35.0 Å². The van der Waals surface area contributed by atoms with Gasteiger partial charge in [0, 0.05) is 42.2 Å². The van der Waals surface area contributed by atoms with Gasteiger partial charge in [0.05, 0.1) is 33.1 Å². The summed E-state index contributed by atoms with van der Waals surface area (Å²) < 4.78 is 5.49. The van der Waals surface area contributed by atoms with Crippen LogP contribution in [-0.4, -0.2) is 52.5 Å². The van der Waals surface area contributed by atoms with Crippen molar-refractivity contribution in [1.29, 1.82) is 0 Å². The number of nitro benzene ring substituents is 1. The van der Waals surface area contributed by atoms with Crippen LogP contribution in [-0.2, 0) is 9.53 Å². The summed E-state index contributed by atoms with van der Waals surface area (Å²) in [5, 5.41) is 15.4. The number of thiocarbonyl (C=S) groups is 1. The molecule has 3 amide bonds. The van der Waals surface area contributed by atoms with E-state index in [-0.39, 0.29) is 19.9 Å². The first-order chi connectivity index (χ1) is 16.7. The second-order valence-corrected chi connectivity index (χ2v) is 9.80. The number of anilines is 2. The summed E-state index contributed by atoms with van der Waals surface area (Å²) in [5.41, 5.74) is 3.88. The highest BCUT2D eigenvalue weighted by Gasteiger charge is 2.34. The lowest BCUT2D eigenvalue weighted by Crippen LogP contribution is -2.46. The van der Waals surface area contributed by atoms with Gasteiger partial charge in [-0.3, -0.25) is 14.9 Å². The van der Waals surface area contributed by atoms with Crippen molar-refractivity contribution in [3.63, 3.8) is 0 Å². The minimum atomic E-state index is -0.717. The lowest BCUT2D eigenvalue weighted by Gasteiger charge is -2.30. The van der Waals surface area contributed by atoms with E-state index in [2.05, 4.69) is 10.7 Å². The number of halogens is 2. The van der Waals surface area contributed by atoms with Crippen LogP contribution in [0.1, 0.15) is 5.56 Å². The topological polar surface area (TPSA) is 117 Å². The summed E-state index contributed by atoms with van der Waals surface area (Å²) >= 11 is 18.1. The first-order valence-corrected chi connectivity index (χ1v) is 12.1. The molecule has 0 atom stereocenters. The normalized spacial score (nSPS) is 17.1. The fourth-order valence-corrected chi connectivity index (χ4v) is 4.87. The van der Waals surface area contributed by atoms with Crippen molar-refractivity contribution in [2.24, 2.45) is 0 Å². The summed E-state index contributed by atoms with van der Waals surface area (Å²) in [4.78, 5) is 38.5. The van der Waals surface area contributed by atoms with Gasteiger partial charge >= 0.3 is 6.03 Å². The lowest BCUT2D eigenvalue weighted by molar-refractivity contribution is -0.384. The number of hydrazine groups is 1. The van der Waals surface area contributed by atoms with Crippen molar-refractivity contribution >= 4 is 86.6 Å². The number of non-ortho nitro benzene ring substituents is 1. The molecule has 0 bridgehead atoms.